The van der Waals surface area contributed by atoms with E-state index in [0.29, 0.717) is 0 Å². The van der Waals surface area contributed by atoms with E-state index in [1.807, 2.05) is 0 Å². The Morgan fingerprint density at radius 1 is 0.706 bits per heavy atom. The first kappa shape index (κ1) is 30.8. The van der Waals surface area contributed by atoms with Gasteiger partial charge < -0.3 is 29.7 Å². The predicted octanol–water partition coefficient (Wildman–Crippen LogP) is -7.00. The first-order valence-electron chi connectivity index (χ1n) is 3.23. The van der Waals surface area contributed by atoms with Crippen LogP contribution in [0.5, 0.6) is 0 Å². The van der Waals surface area contributed by atoms with Crippen LogP contribution >= 0.6 is 37.9 Å². The summed E-state index contributed by atoms with van der Waals surface area (Å²) in [6.45, 7) is 0. The van der Waals surface area contributed by atoms with E-state index < -0.39 is 17.9 Å². The molecule has 17 heavy (non-hydrogen) atoms. The third-order valence-corrected chi connectivity index (χ3v) is 1.16. The van der Waals surface area contributed by atoms with Gasteiger partial charge in [-0.25, -0.2) is 0 Å². The van der Waals surface area contributed by atoms with Gasteiger partial charge in [-0.15, -0.1) is 0 Å². The van der Waals surface area contributed by atoms with Crippen LogP contribution < -0.4 is 44.9 Å². The van der Waals surface area contributed by atoms with E-state index in [1.165, 1.54) is 0 Å². The molecule has 0 aliphatic rings. The van der Waals surface area contributed by atoms with Crippen molar-refractivity contribution in [3.05, 3.63) is 0 Å². The van der Waals surface area contributed by atoms with Gasteiger partial charge >= 0.3 is 46.6 Å². The molecule has 0 saturated carbocycles. The number of hydrogen-bond donors (Lipinski definition) is 3. The Morgan fingerprint density at radius 3 is 0.765 bits per heavy atom. The largest absolute Gasteiger partial charge is 2.00 e. The van der Waals surface area contributed by atoms with Gasteiger partial charge in [-0.05, 0) is 0 Å². The van der Waals surface area contributed by atoms with Crippen LogP contribution in [0, 0.1) is 0 Å². The second kappa shape index (κ2) is 25.7. The van der Waals surface area contributed by atoms with Crippen molar-refractivity contribution >= 4 is 55.8 Å². The average Bonchev–Trinajstić information content (AvgIpc) is 2.19. The minimum atomic E-state index is -1.13. The summed E-state index contributed by atoms with van der Waals surface area (Å²) in [5.41, 5.74) is 0. The number of rotatable bonds is 3. The van der Waals surface area contributed by atoms with Gasteiger partial charge in [0.15, 0.2) is 0 Å². The first-order chi connectivity index (χ1) is 6.81. The summed E-state index contributed by atoms with van der Waals surface area (Å²) < 4.78 is 0. The Labute approximate surface area is 148 Å². The molecule has 0 spiro atoms. The summed E-state index contributed by atoms with van der Waals surface area (Å²) in [6.07, 6.45) is 0. The van der Waals surface area contributed by atoms with Crippen LogP contribution in [-0.4, -0.2) is 35.2 Å². The summed E-state index contributed by atoms with van der Waals surface area (Å²) in [5.74, 6) is -3.98. The van der Waals surface area contributed by atoms with E-state index in [4.69, 9.17) is 0 Å². The van der Waals surface area contributed by atoms with Crippen molar-refractivity contribution in [3.63, 3.8) is 0 Å². The molecular weight excluding hydrogens is 351 g/mol. The van der Waals surface area contributed by atoms with Gasteiger partial charge in [0.1, 0.15) is 0 Å². The predicted molar refractivity (Wildman–Crippen MR) is 56.6 cm³/mol. The second-order valence-corrected chi connectivity index (χ2v) is 2.54. The molecule has 0 fully saturated rings. The monoisotopic (exact) mass is 359 g/mol. The minimum absolute atomic E-state index is 0. The van der Waals surface area contributed by atoms with Gasteiger partial charge in [0.05, 0.1) is 17.9 Å². The van der Waals surface area contributed by atoms with Crippen LogP contribution in [0.1, 0.15) is 0 Å². The van der Waals surface area contributed by atoms with Gasteiger partial charge in [0, 0.05) is 17.3 Å². The van der Waals surface area contributed by atoms with Crippen LogP contribution in [0.2, 0.25) is 0 Å². The Kier molecular flexibility index (Phi) is 46.6. The number of aliphatic carboxylic acids is 3. The van der Waals surface area contributed by atoms with Crippen molar-refractivity contribution in [2.45, 2.75) is 0 Å². The number of carbonyl (C=O) groups excluding carboxylic acids is 3. The minimum Gasteiger partial charge on any atom is -0.549 e. The van der Waals surface area contributed by atoms with Crippen molar-refractivity contribution in [1.82, 2.24) is 0 Å². The first-order valence-corrected chi connectivity index (χ1v) is 5.13. The fourth-order valence-corrected chi connectivity index (χ4v) is 0. The second-order valence-electron chi connectivity index (χ2n) is 1.59. The normalized spacial score (nSPS) is 6.53. The summed E-state index contributed by atoms with van der Waals surface area (Å²) in [4.78, 5) is 27.5. The van der Waals surface area contributed by atoms with Crippen molar-refractivity contribution in [1.29, 1.82) is 0 Å². The van der Waals surface area contributed by atoms with Crippen LogP contribution in [-0.2, 0) is 31.5 Å². The number of carboxylic acid groups (broad SMARTS) is 3. The molecule has 1 radical (unpaired) electrons. The molecule has 0 N–H and O–H groups in total. The van der Waals surface area contributed by atoms with Crippen molar-refractivity contribution < 1.29 is 76.3 Å². The molecule has 0 aliphatic carbocycles. The fourth-order valence-electron chi connectivity index (χ4n) is 0. The standard InChI is InChI=1S/3C2H4O2S.Cu.Na/c3*3-2(4)1-5;;/h3*5H,1H2,(H,3,4);;/q;;;+2;+1/p-3. The smallest absolute Gasteiger partial charge is 0.549 e. The zero-order chi connectivity index (χ0) is 12.9. The van der Waals surface area contributed by atoms with Gasteiger partial charge in [0.2, 0.25) is 0 Å². The molecule has 0 rings (SSSR count). The maximum atomic E-state index is 9.18. The third kappa shape index (κ3) is 78.2. The molecule has 0 heterocycles. The summed E-state index contributed by atoms with van der Waals surface area (Å²) in [7, 11) is 0. The maximum Gasteiger partial charge on any atom is 2.00 e. The van der Waals surface area contributed by atoms with E-state index in [2.05, 4.69) is 37.9 Å². The number of thiol groups is 3. The number of hydrogen-bond acceptors (Lipinski definition) is 9. The average molecular weight is 360 g/mol. The van der Waals surface area contributed by atoms with Gasteiger partial charge in [-0.2, -0.15) is 37.9 Å². The van der Waals surface area contributed by atoms with Crippen LogP contribution in [0.3, 0.4) is 0 Å². The van der Waals surface area contributed by atoms with E-state index >= 15 is 0 Å². The molecule has 0 bridgehead atoms. The number of carboxylic acids is 3. The Morgan fingerprint density at radius 2 is 0.765 bits per heavy atom. The topological polar surface area (TPSA) is 120 Å². The zero-order valence-corrected chi connectivity index (χ0v) is 14.3. The van der Waals surface area contributed by atoms with Crippen molar-refractivity contribution in [2.24, 2.45) is 0 Å². The molecular formula is C6H9CuNaO6S3. The molecule has 0 aromatic heterocycles. The SMILES string of the molecule is O=C([O-])CS.O=C([O-])CS.O=C([O-])CS.[Cu+2].[Na+]. The quantitative estimate of drug-likeness (QED) is 0.340. The van der Waals surface area contributed by atoms with Gasteiger partial charge in [0.25, 0.3) is 0 Å². The molecule has 6 nitrogen and oxygen atoms in total. The fraction of sp³-hybridized carbons (Fsp3) is 0.500. The molecule has 0 amide bonds. The molecule has 0 aromatic rings. The molecule has 0 saturated heterocycles. The molecule has 0 unspecified atom stereocenters. The third-order valence-electron chi connectivity index (χ3n) is 0.387. The molecule has 99 valence electrons. The Balaban J connectivity index is -0.0000000400. The van der Waals surface area contributed by atoms with E-state index in [1.54, 1.807) is 0 Å². The Bertz CT molecular complexity index is 173. The van der Waals surface area contributed by atoms with Crippen LogP contribution in [0.15, 0.2) is 0 Å². The molecule has 11 heteroatoms. The van der Waals surface area contributed by atoms with Gasteiger partial charge in [-0.3, -0.25) is 0 Å². The number of carbonyl (C=O) groups is 3. The zero-order valence-electron chi connectivity index (χ0n) is 8.71. The van der Waals surface area contributed by atoms with E-state index in [9.17, 15) is 29.7 Å². The van der Waals surface area contributed by atoms with E-state index in [-0.39, 0.29) is 63.9 Å². The molecule has 0 aliphatic heterocycles. The van der Waals surface area contributed by atoms with Crippen LogP contribution in [0.25, 0.3) is 0 Å². The Hall–Kier alpha value is 0.979. The summed E-state index contributed by atoms with van der Waals surface area (Å²) in [6, 6.07) is 0. The van der Waals surface area contributed by atoms with Crippen LogP contribution in [0.4, 0.5) is 0 Å². The summed E-state index contributed by atoms with van der Waals surface area (Å²) >= 11 is 10.1. The van der Waals surface area contributed by atoms with Crippen molar-refractivity contribution in [3.8, 4) is 0 Å². The maximum absolute atomic E-state index is 9.18. The van der Waals surface area contributed by atoms with Crippen molar-refractivity contribution in [2.75, 3.05) is 17.3 Å². The molecule has 0 atom stereocenters. The summed E-state index contributed by atoms with van der Waals surface area (Å²) in [5, 5.41) is 27.5. The van der Waals surface area contributed by atoms with Gasteiger partial charge in [-0.1, -0.05) is 0 Å². The molecule has 0 aromatic carbocycles. The van der Waals surface area contributed by atoms with E-state index in [0.717, 1.165) is 0 Å².